The third kappa shape index (κ3) is 2.60. The SMILES string of the molecule is CNCC1CCCCN1Cc1c(C)[nH]c2ccccc12. The number of aryl methyl sites for hydroxylation is 1. The normalized spacial score (nSPS) is 20.6. The monoisotopic (exact) mass is 271 g/mol. The highest BCUT2D eigenvalue weighted by molar-refractivity contribution is 5.84. The first kappa shape index (κ1) is 13.7. The zero-order chi connectivity index (χ0) is 13.9. The average molecular weight is 271 g/mol. The Morgan fingerprint density at radius 1 is 1.30 bits per heavy atom. The Hall–Kier alpha value is -1.32. The highest BCUT2D eigenvalue weighted by Crippen LogP contribution is 2.26. The van der Waals surface area contributed by atoms with Gasteiger partial charge in [-0.15, -0.1) is 0 Å². The first-order valence-electron chi connectivity index (χ1n) is 7.74. The van der Waals surface area contributed by atoms with Gasteiger partial charge in [0.2, 0.25) is 0 Å². The molecule has 2 aromatic rings. The zero-order valence-corrected chi connectivity index (χ0v) is 12.6. The first-order chi connectivity index (χ1) is 9.79. The minimum Gasteiger partial charge on any atom is -0.358 e. The Morgan fingerprint density at radius 2 is 2.15 bits per heavy atom. The molecular formula is C17H25N3. The number of rotatable bonds is 4. The summed E-state index contributed by atoms with van der Waals surface area (Å²) >= 11 is 0. The van der Waals surface area contributed by atoms with Crippen LogP contribution in [0.15, 0.2) is 24.3 Å². The Morgan fingerprint density at radius 3 is 3.00 bits per heavy atom. The molecule has 1 saturated heterocycles. The number of hydrogen-bond acceptors (Lipinski definition) is 2. The molecule has 0 spiro atoms. The van der Waals surface area contributed by atoms with Crippen LogP contribution in [0, 0.1) is 6.92 Å². The van der Waals surface area contributed by atoms with Crippen LogP contribution in [0.5, 0.6) is 0 Å². The fraction of sp³-hybridized carbons (Fsp3) is 0.529. The van der Waals surface area contributed by atoms with Crippen molar-refractivity contribution in [2.75, 3.05) is 20.1 Å². The van der Waals surface area contributed by atoms with E-state index in [2.05, 4.69) is 53.4 Å². The molecule has 1 unspecified atom stereocenters. The van der Waals surface area contributed by atoms with Crippen molar-refractivity contribution >= 4 is 10.9 Å². The summed E-state index contributed by atoms with van der Waals surface area (Å²) < 4.78 is 0. The lowest BCUT2D eigenvalue weighted by atomic mass is 10.0. The number of aromatic nitrogens is 1. The fourth-order valence-corrected chi connectivity index (χ4v) is 3.48. The Labute approximate surface area is 121 Å². The van der Waals surface area contributed by atoms with Crippen LogP contribution in [0.4, 0.5) is 0 Å². The van der Waals surface area contributed by atoms with E-state index in [0.29, 0.717) is 6.04 Å². The van der Waals surface area contributed by atoms with Crippen LogP contribution in [-0.2, 0) is 6.54 Å². The van der Waals surface area contributed by atoms with Gasteiger partial charge in [-0.25, -0.2) is 0 Å². The van der Waals surface area contributed by atoms with Gasteiger partial charge in [0.25, 0.3) is 0 Å². The van der Waals surface area contributed by atoms with Crippen molar-refractivity contribution in [3.05, 3.63) is 35.5 Å². The van der Waals surface area contributed by atoms with Crippen molar-refractivity contribution in [3.8, 4) is 0 Å². The molecule has 0 saturated carbocycles. The molecule has 0 radical (unpaired) electrons. The zero-order valence-electron chi connectivity index (χ0n) is 12.6. The molecule has 3 nitrogen and oxygen atoms in total. The Balaban J connectivity index is 1.86. The number of aromatic amines is 1. The average Bonchev–Trinajstić information content (AvgIpc) is 2.78. The molecule has 0 amide bonds. The van der Waals surface area contributed by atoms with E-state index in [1.807, 2.05) is 0 Å². The third-order valence-electron chi connectivity index (χ3n) is 4.58. The topological polar surface area (TPSA) is 31.1 Å². The van der Waals surface area contributed by atoms with Crippen LogP contribution in [0.25, 0.3) is 10.9 Å². The molecule has 3 rings (SSSR count). The molecule has 1 aliphatic heterocycles. The van der Waals surface area contributed by atoms with E-state index in [1.165, 1.54) is 48.0 Å². The molecule has 1 aromatic carbocycles. The summed E-state index contributed by atoms with van der Waals surface area (Å²) in [6.07, 6.45) is 4.03. The molecule has 3 heteroatoms. The number of fused-ring (bicyclic) bond motifs is 1. The van der Waals surface area contributed by atoms with Gasteiger partial charge in [0.1, 0.15) is 0 Å². The van der Waals surface area contributed by atoms with Gasteiger partial charge in [-0.3, -0.25) is 4.90 Å². The standard InChI is InChI=1S/C17H25N3/c1-13-16(15-8-3-4-9-17(15)19-13)12-20-10-6-5-7-14(20)11-18-2/h3-4,8-9,14,18-19H,5-7,10-12H2,1-2H3. The third-order valence-corrected chi connectivity index (χ3v) is 4.58. The summed E-state index contributed by atoms with van der Waals surface area (Å²) in [7, 11) is 2.06. The van der Waals surface area contributed by atoms with E-state index < -0.39 is 0 Å². The maximum atomic E-state index is 3.52. The lowest BCUT2D eigenvalue weighted by Gasteiger charge is -2.35. The predicted molar refractivity (Wildman–Crippen MR) is 85.0 cm³/mol. The lowest BCUT2D eigenvalue weighted by molar-refractivity contribution is 0.139. The van der Waals surface area contributed by atoms with Crippen LogP contribution in [-0.4, -0.2) is 36.1 Å². The molecule has 2 heterocycles. The molecule has 1 aromatic heterocycles. The maximum absolute atomic E-state index is 3.52. The largest absolute Gasteiger partial charge is 0.358 e. The summed E-state index contributed by atoms with van der Waals surface area (Å²) in [4.78, 5) is 6.18. The summed E-state index contributed by atoms with van der Waals surface area (Å²) in [6, 6.07) is 9.34. The predicted octanol–water partition coefficient (Wildman–Crippen LogP) is 3.05. The van der Waals surface area contributed by atoms with E-state index in [4.69, 9.17) is 0 Å². The highest BCUT2D eigenvalue weighted by Gasteiger charge is 2.23. The molecule has 1 aliphatic rings. The second-order valence-electron chi connectivity index (χ2n) is 5.95. The Bertz CT molecular complexity index is 571. The Kier molecular flexibility index (Phi) is 4.08. The fourth-order valence-electron chi connectivity index (χ4n) is 3.48. The van der Waals surface area contributed by atoms with Crippen molar-refractivity contribution in [1.29, 1.82) is 0 Å². The van der Waals surface area contributed by atoms with Crippen molar-refractivity contribution in [3.63, 3.8) is 0 Å². The number of nitrogens with zero attached hydrogens (tertiary/aromatic N) is 1. The van der Waals surface area contributed by atoms with Gasteiger partial charge < -0.3 is 10.3 Å². The summed E-state index contributed by atoms with van der Waals surface area (Å²) in [5.74, 6) is 0. The minimum absolute atomic E-state index is 0.682. The molecule has 1 atom stereocenters. The summed E-state index contributed by atoms with van der Waals surface area (Å²) in [6.45, 7) is 5.60. The molecule has 1 fully saturated rings. The van der Waals surface area contributed by atoms with Crippen LogP contribution in [0.2, 0.25) is 0 Å². The van der Waals surface area contributed by atoms with Gasteiger partial charge in [-0.2, -0.15) is 0 Å². The van der Waals surface area contributed by atoms with E-state index in [0.717, 1.165) is 13.1 Å². The molecular weight excluding hydrogens is 246 g/mol. The number of H-pyrrole nitrogens is 1. The number of likely N-dealkylation sites (N-methyl/N-ethyl adjacent to an activating group) is 1. The number of nitrogens with one attached hydrogen (secondary N) is 2. The summed E-state index contributed by atoms with van der Waals surface area (Å²) in [5.41, 5.74) is 4.06. The van der Waals surface area contributed by atoms with Gasteiger partial charge in [-0.05, 0) is 45.0 Å². The maximum Gasteiger partial charge on any atom is 0.0459 e. The second-order valence-corrected chi connectivity index (χ2v) is 5.95. The minimum atomic E-state index is 0.682. The first-order valence-corrected chi connectivity index (χ1v) is 7.74. The van der Waals surface area contributed by atoms with Gasteiger partial charge >= 0.3 is 0 Å². The van der Waals surface area contributed by atoms with Crippen LogP contribution < -0.4 is 5.32 Å². The van der Waals surface area contributed by atoms with Crippen molar-refractivity contribution in [2.45, 2.75) is 38.8 Å². The van der Waals surface area contributed by atoms with Crippen molar-refractivity contribution < 1.29 is 0 Å². The molecule has 20 heavy (non-hydrogen) atoms. The molecule has 0 bridgehead atoms. The van der Waals surface area contributed by atoms with Gasteiger partial charge in [0.05, 0.1) is 0 Å². The van der Waals surface area contributed by atoms with Gasteiger partial charge in [0, 0.05) is 35.7 Å². The van der Waals surface area contributed by atoms with Gasteiger partial charge in [-0.1, -0.05) is 24.6 Å². The second kappa shape index (κ2) is 5.98. The van der Waals surface area contributed by atoms with Crippen LogP contribution in [0.1, 0.15) is 30.5 Å². The van der Waals surface area contributed by atoms with E-state index >= 15 is 0 Å². The highest BCUT2D eigenvalue weighted by atomic mass is 15.2. The van der Waals surface area contributed by atoms with E-state index in [-0.39, 0.29) is 0 Å². The number of para-hydroxylation sites is 1. The van der Waals surface area contributed by atoms with Crippen molar-refractivity contribution in [2.24, 2.45) is 0 Å². The van der Waals surface area contributed by atoms with E-state index in [1.54, 1.807) is 0 Å². The summed E-state index contributed by atoms with van der Waals surface area (Å²) in [5, 5.41) is 4.74. The lowest BCUT2D eigenvalue weighted by Crippen LogP contribution is -2.44. The van der Waals surface area contributed by atoms with Gasteiger partial charge in [0.15, 0.2) is 0 Å². The quantitative estimate of drug-likeness (QED) is 0.895. The number of piperidine rings is 1. The van der Waals surface area contributed by atoms with Crippen LogP contribution >= 0.6 is 0 Å². The molecule has 2 N–H and O–H groups in total. The van der Waals surface area contributed by atoms with Crippen LogP contribution in [0.3, 0.4) is 0 Å². The molecule has 108 valence electrons. The number of likely N-dealkylation sites (tertiary alicyclic amines) is 1. The molecule has 0 aliphatic carbocycles. The van der Waals surface area contributed by atoms with E-state index in [9.17, 15) is 0 Å². The number of benzene rings is 1. The number of hydrogen-bond donors (Lipinski definition) is 2. The smallest absolute Gasteiger partial charge is 0.0459 e. The van der Waals surface area contributed by atoms with Crippen molar-refractivity contribution in [1.82, 2.24) is 15.2 Å².